The lowest BCUT2D eigenvalue weighted by atomic mass is 10.1. The molecule has 0 heterocycles. The van der Waals surface area contributed by atoms with Crippen LogP contribution in [-0.4, -0.2) is 25.8 Å². The Morgan fingerprint density at radius 2 is 1.95 bits per heavy atom. The number of nitrogens with two attached hydrogens (primary N) is 1. The first-order valence-electron chi connectivity index (χ1n) is 6.87. The van der Waals surface area contributed by atoms with E-state index < -0.39 is 10.0 Å². The van der Waals surface area contributed by atoms with Crippen molar-refractivity contribution in [1.82, 2.24) is 4.31 Å². The van der Waals surface area contributed by atoms with Crippen molar-refractivity contribution >= 4 is 26.0 Å². The Balaban J connectivity index is 3.29. The predicted molar refractivity (Wildman–Crippen MR) is 86.1 cm³/mol. The van der Waals surface area contributed by atoms with Gasteiger partial charge in [-0.15, -0.1) is 0 Å². The highest BCUT2D eigenvalue weighted by molar-refractivity contribution is 9.10. The lowest BCUT2D eigenvalue weighted by Crippen LogP contribution is -2.32. The van der Waals surface area contributed by atoms with Crippen LogP contribution in [0.2, 0.25) is 0 Å². The highest BCUT2D eigenvalue weighted by atomic mass is 79.9. The molecule has 0 atom stereocenters. The summed E-state index contributed by atoms with van der Waals surface area (Å²) in [6.45, 7) is 7.08. The molecule has 0 amide bonds. The fourth-order valence-corrected chi connectivity index (χ4v) is 4.44. The molecule has 0 saturated carbocycles. The number of hydrogen-bond acceptors (Lipinski definition) is 3. The van der Waals surface area contributed by atoms with E-state index in [9.17, 15) is 8.42 Å². The molecule has 114 valence electrons. The van der Waals surface area contributed by atoms with E-state index >= 15 is 0 Å². The molecule has 0 aliphatic carbocycles. The Morgan fingerprint density at radius 1 is 1.30 bits per heavy atom. The van der Waals surface area contributed by atoms with Crippen molar-refractivity contribution in [3.63, 3.8) is 0 Å². The highest BCUT2D eigenvalue weighted by Gasteiger charge is 2.25. The maximum atomic E-state index is 12.8. The van der Waals surface area contributed by atoms with Crippen molar-refractivity contribution in [2.75, 3.05) is 13.1 Å². The SMILES string of the molecule is CCCCN(CC)S(=O)(=O)c1cc(CN)cc(Br)c1C. The van der Waals surface area contributed by atoms with Crippen LogP contribution >= 0.6 is 15.9 Å². The molecule has 0 saturated heterocycles. The second-order valence-electron chi connectivity index (χ2n) is 4.76. The summed E-state index contributed by atoms with van der Waals surface area (Å²) >= 11 is 3.42. The van der Waals surface area contributed by atoms with Crippen molar-refractivity contribution in [1.29, 1.82) is 0 Å². The topological polar surface area (TPSA) is 63.4 Å². The molecule has 4 nitrogen and oxygen atoms in total. The van der Waals surface area contributed by atoms with E-state index in [1.54, 1.807) is 6.07 Å². The zero-order valence-electron chi connectivity index (χ0n) is 12.3. The molecule has 0 radical (unpaired) electrons. The van der Waals surface area contributed by atoms with Gasteiger partial charge in [-0.25, -0.2) is 8.42 Å². The van der Waals surface area contributed by atoms with E-state index in [1.165, 1.54) is 4.31 Å². The zero-order valence-corrected chi connectivity index (χ0v) is 14.7. The van der Waals surface area contributed by atoms with Crippen LogP contribution < -0.4 is 5.73 Å². The van der Waals surface area contributed by atoms with E-state index in [2.05, 4.69) is 22.9 Å². The molecule has 0 bridgehead atoms. The van der Waals surface area contributed by atoms with Gasteiger partial charge in [0.15, 0.2) is 0 Å². The average Bonchev–Trinajstić information content (AvgIpc) is 2.42. The Morgan fingerprint density at radius 3 is 2.45 bits per heavy atom. The molecule has 0 spiro atoms. The monoisotopic (exact) mass is 362 g/mol. The minimum absolute atomic E-state index is 0.322. The second kappa shape index (κ2) is 7.54. The Hall–Kier alpha value is -0.430. The normalized spacial score (nSPS) is 12.1. The Bertz CT molecular complexity index is 559. The van der Waals surface area contributed by atoms with Gasteiger partial charge in [-0.2, -0.15) is 4.31 Å². The van der Waals surface area contributed by atoms with Crippen LogP contribution in [0, 0.1) is 6.92 Å². The maximum Gasteiger partial charge on any atom is 0.243 e. The van der Waals surface area contributed by atoms with E-state index in [-0.39, 0.29) is 0 Å². The summed E-state index contributed by atoms with van der Waals surface area (Å²) in [5.74, 6) is 0. The summed E-state index contributed by atoms with van der Waals surface area (Å²) < 4.78 is 27.9. The van der Waals surface area contributed by atoms with Crippen LogP contribution in [0.5, 0.6) is 0 Å². The first kappa shape index (κ1) is 17.6. The fourth-order valence-electron chi connectivity index (χ4n) is 2.01. The third kappa shape index (κ3) is 3.81. The fraction of sp³-hybridized carbons (Fsp3) is 0.571. The van der Waals surface area contributed by atoms with Crippen molar-refractivity contribution in [2.45, 2.75) is 45.1 Å². The number of halogens is 1. The third-order valence-corrected chi connectivity index (χ3v) is 6.25. The van der Waals surface area contributed by atoms with Gasteiger partial charge < -0.3 is 5.73 Å². The molecule has 0 unspecified atom stereocenters. The summed E-state index contributed by atoms with van der Waals surface area (Å²) in [5.41, 5.74) is 7.19. The highest BCUT2D eigenvalue weighted by Crippen LogP contribution is 2.28. The van der Waals surface area contributed by atoms with Gasteiger partial charge in [-0.05, 0) is 36.6 Å². The lowest BCUT2D eigenvalue weighted by Gasteiger charge is -2.22. The van der Waals surface area contributed by atoms with E-state index in [0.717, 1.165) is 28.4 Å². The summed E-state index contributed by atoms with van der Waals surface area (Å²) in [6.07, 6.45) is 1.83. The molecular weight excluding hydrogens is 340 g/mol. The van der Waals surface area contributed by atoms with Crippen molar-refractivity contribution in [2.24, 2.45) is 5.73 Å². The van der Waals surface area contributed by atoms with Crippen LogP contribution in [0.4, 0.5) is 0 Å². The van der Waals surface area contributed by atoms with Crippen LogP contribution in [0.15, 0.2) is 21.5 Å². The van der Waals surface area contributed by atoms with Gasteiger partial charge in [-0.1, -0.05) is 36.2 Å². The molecule has 20 heavy (non-hydrogen) atoms. The van der Waals surface area contributed by atoms with E-state index in [1.807, 2.05) is 19.9 Å². The lowest BCUT2D eigenvalue weighted by molar-refractivity contribution is 0.418. The summed E-state index contributed by atoms with van der Waals surface area (Å²) in [5, 5.41) is 0. The van der Waals surface area contributed by atoms with Crippen LogP contribution in [0.25, 0.3) is 0 Å². The van der Waals surface area contributed by atoms with Crippen LogP contribution in [0.1, 0.15) is 37.8 Å². The molecule has 0 aliphatic heterocycles. The summed E-state index contributed by atoms with van der Waals surface area (Å²) in [6, 6.07) is 3.56. The van der Waals surface area contributed by atoms with Crippen molar-refractivity contribution < 1.29 is 8.42 Å². The standard InChI is InChI=1S/C14H23BrN2O2S/c1-4-6-7-17(5-2)20(18,19)14-9-12(10-16)8-13(15)11(14)3/h8-9H,4-7,10,16H2,1-3H3. The molecule has 2 N–H and O–H groups in total. The van der Waals surface area contributed by atoms with Gasteiger partial charge in [-0.3, -0.25) is 0 Å². The number of benzene rings is 1. The number of rotatable bonds is 7. The van der Waals surface area contributed by atoms with Crippen molar-refractivity contribution in [3.05, 3.63) is 27.7 Å². The largest absolute Gasteiger partial charge is 0.326 e. The molecule has 6 heteroatoms. The van der Waals surface area contributed by atoms with Gasteiger partial charge >= 0.3 is 0 Å². The predicted octanol–water partition coefficient (Wildman–Crippen LogP) is 3.03. The average molecular weight is 363 g/mol. The zero-order chi connectivity index (χ0) is 15.3. The molecule has 0 aliphatic rings. The first-order chi connectivity index (χ1) is 9.38. The van der Waals surface area contributed by atoms with Gasteiger partial charge in [0.25, 0.3) is 0 Å². The Labute approximate surface area is 130 Å². The molecule has 1 rings (SSSR count). The van der Waals surface area contributed by atoms with Crippen LogP contribution in [0.3, 0.4) is 0 Å². The first-order valence-corrected chi connectivity index (χ1v) is 9.11. The van der Waals surface area contributed by atoms with Gasteiger partial charge in [0, 0.05) is 24.1 Å². The number of sulfonamides is 1. The molecule has 1 aromatic rings. The van der Waals surface area contributed by atoms with Gasteiger partial charge in [0.05, 0.1) is 4.90 Å². The maximum absolute atomic E-state index is 12.8. The van der Waals surface area contributed by atoms with Crippen LogP contribution in [-0.2, 0) is 16.6 Å². The second-order valence-corrected chi connectivity index (χ2v) is 7.52. The minimum atomic E-state index is -3.46. The minimum Gasteiger partial charge on any atom is -0.326 e. The molecular formula is C14H23BrN2O2S. The number of hydrogen-bond donors (Lipinski definition) is 1. The summed E-state index contributed by atoms with van der Waals surface area (Å²) in [4.78, 5) is 0.352. The Kier molecular flexibility index (Phi) is 6.64. The third-order valence-electron chi connectivity index (χ3n) is 3.32. The molecule has 0 aromatic heterocycles. The van der Waals surface area contributed by atoms with Gasteiger partial charge in [0.1, 0.15) is 0 Å². The van der Waals surface area contributed by atoms with Crippen molar-refractivity contribution in [3.8, 4) is 0 Å². The van der Waals surface area contributed by atoms with E-state index in [0.29, 0.717) is 24.5 Å². The molecule has 0 fully saturated rings. The quantitative estimate of drug-likeness (QED) is 0.810. The van der Waals surface area contributed by atoms with Gasteiger partial charge in [0.2, 0.25) is 10.0 Å². The smallest absolute Gasteiger partial charge is 0.243 e. The molecule has 1 aromatic carbocycles. The summed E-state index contributed by atoms with van der Waals surface area (Å²) in [7, 11) is -3.46. The number of nitrogens with zero attached hydrogens (tertiary/aromatic N) is 1. The van der Waals surface area contributed by atoms with E-state index in [4.69, 9.17) is 5.73 Å². The number of unbranched alkanes of at least 4 members (excludes halogenated alkanes) is 1.